The maximum Gasteiger partial charge on any atom is 0.0735 e. The second kappa shape index (κ2) is 7.95. The first-order valence-corrected chi connectivity index (χ1v) is 7.77. The van der Waals surface area contributed by atoms with Gasteiger partial charge in [-0.25, -0.2) is 0 Å². The van der Waals surface area contributed by atoms with Crippen LogP contribution in [0.4, 0.5) is 0 Å². The van der Waals surface area contributed by atoms with Crippen molar-refractivity contribution in [3.05, 3.63) is 41.0 Å². The van der Waals surface area contributed by atoms with E-state index in [1.165, 1.54) is 33.1 Å². The predicted octanol–water partition coefficient (Wildman–Crippen LogP) is 5.10. The van der Waals surface area contributed by atoms with E-state index in [0.717, 1.165) is 12.8 Å². The molecule has 0 aliphatic carbocycles. The maximum absolute atomic E-state index is 9.94. The molecule has 18 heavy (non-hydrogen) atoms. The van der Waals surface area contributed by atoms with Crippen molar-refractivity contribution in [2.24, 2.45) is 0 Å². The lowest BCUT2D eigenvalue weighted by Gasteiger charge is -2.14. The van der Waals surface area contributed by atoms with Gasteiger partial charge in [0.1, 0.15) is 0 Å². The van der Waals surface area contributed by atoms with Gasteiger partial charge in [-0.15, -0.1) is 0 Å². The van der Waals surface area contributed by atoms with E-state index < -0.39 is 0 Å². The van der Waals surface area contributed by atoms with Gasteiger partial charge in [-0.1, -0.05) is 49.6 Å². The number of benzene rings is 1. The third-order valence-electron chi connectivity index (χ3n) is 3.14. The van der Waals surface area contributed by atoms with Crippen LogP contribution in [0.2, 0.25) is 0 Å². The van der Waals surface area contributed by atoms with Crippen molar-refractivity contribution in [1.29, 1.82) is 0 Å². The molecule has 0 spiro atoms. The monoisotopic (exact) mass is 358 g/mol. The zero-order valence-corrected chi connectivity index (χ0v) is 13.7. The summed E-state index contributed by atoms with van der Waals surface area (Å²) in [5, 5.41) is 9.94. The molecule has 0 aliphatic heterocycles. The molecule has 1 rings (SSSR count). The van der Waals surface area contributed by atoms with Crippen molar-refractivity contribution in [2.75, 3.05) is 0 Å². The van der Waals surface area contributed by atoms with Gasteiger partial charge in [-0.2, -0.15) is 0 Å². The number of rotatable bonds is 6. The highest BCUT2D eigenvalue weighted by Crippen LogP contribution is 2.30. The minimum atomic E-state index is -0.352. The Hall–Kier alpha value is -0.350. The summed E-state index contributed by atoms with van der Waals surface area (Å²) in [7, 11) is 0. The van der Waals surface area contributed by atoms with E-state index in [0.29, 0.717) is 0 Å². The van der Waals surface area contributed by atoms with Gasteiger partial charge in [-0.3, -0.25) is 0 Å². The molecule has 0 saturated carbocycles. The normalized spacial score (nSPS) is 14.3. The molecule has 0 saturated heterocycles. The van der Waals surface area contributed by atoms with Crippen LogP contribution >= 0.6 is 22.6 Å². The molecule has 0 aliphatic rings. The van der Waals surface area contributed by atoms with E-state index in [4.69, 9.17) is 0 Å². The van der Waals surface area contributed by atoms with E-state index in [-0.39, 0.29) is 6.10 Å². The zero-order chi connectivity index (χ0) is 13.5. The Morgan fingerprint density at radius 1 is 1.22 bits per heavy atom. The fourth-order valence-corrected chi connectivity index (χ4v) is 3.03. The van der Waals surface area contributed by atoms with E-state index in [1.54, 1.807) is 0 Å². The molecule has 0 bridgehead atoms. The average molecular weight is 358 g/mol. The standard InChI is InChI=1S/C16H23IO/c1-4-5-6-7-15(13(3)18)16(17)14-10-8-12(2)9-11-14/h8-11,13,18H,4-7H2,1-3H3/b16-15-. The smallest absolute Gasteiger partial charge is 0.0735 e. The first kappa shape index (κ1) is 15.7. The van der Waals surface area contributed by atoms with Crippen LogP contribution in [0.1, 0.15) is 50.7 Å². The van der Waals surface area contributed by atoms with Crippen LogP contribution < -0.4 is 0 Å². The number of aryl methyl sites for hydroxylation is 1. The molecular formula is C16H23IO. The number of halogens is 1. The largest absolute Gasteiger partial charge is 0.389 e. The van der Waals surface area contributed by atoms with Gasteiger partial charge in [0, 0.05) is 3.58 Å². The van der Waals surface area contributed by atoms with E-state index in [1.807, 2.05) is 6.92 Å². The molecular weight excluding hydrogens is 335 g/mol. The molecule has 0 amide bonds. The summed E-state index contributed by atoms with van der Waals surface area (Å²) < 4.78 is 1.21. The summed E-state index contributed by atoms with van der Waals surface area (Å²) >= 11 is 2.37. The molecule has 1 nitrogen and oxygen atoms in total. The summed E-state index contributed by atoms with van der Waals surface area (Å²) in [6.07, 6.45) is 4.25. The molecule has 0 radical (unpaired) electrons. The van der Waals surface area contributed by atoms with Crippen molar-refractivity contribution in [3.63, 3.8) is 0 Å². The van der Waals surface area contributed by atoms with Gasteiger partial charge < -0.3 is 5.11 Å². The van der Waals surface area contributed by atoms with Crippen LogP contribution in [0.5, 0.6) is 0 Å². The van der Waals surface area contributed by atoms with Crippen LogP contribution in [0.15, 0.2) is 29.8 Å². The predicted molar refractivity (Wildman–Crippen MR) is 87.9 cm³/mol. The fraction of sp³-hybridized carbons (Fsp3) is 0.500. The Kier molecular flexibility index (Phi) is 6.94. The van der Waals surface area contributed by atoms with Crippen LogP contribution in [-0.4, -0.2) is 11.2 Å². The summed E-state index contributed by atoms with van der Waals surface area (Å²) in [4.78, 5) is 0. The van der Waals surface area contributed by atoms with Crippen LogP contribution in [0.3, 0.4) is 0 Å². The molecule has 1 unspecified atom stereocenters. The van der Waals surface area contributed by atoms with Gasteiger partial charge in [-0.05, 0) is 60.4 Å². The van der Waals surface area contributed by atoms with E-state index >= 15 is 0 Å². The molecule has 2 heteroatoms. The molecule has 1 aromatic rings. The highest BCUT2D eigenvalue weighted by Gasteiger charge is 2.11. The van der Waals surface area contributed by atoms with Crippen LogP contribution in [-0.2, 0) is 0 Å². The molecule has 1 aromatic carbocycles. The Labute approximate surface area is 124 Å². The molecule has 1 N–H and O–H groups in total. The van der Waals surface area contributed by atoms with Crippen molar-refractivity contribution in [2.45, 2.75) is 52.6 Å². The van der Waals surface area contributed by atoms with Crippen molar-refractivity contribution in [1.82, 2.24) is 0 Å². The van der Waals surface area contributed by atoms with E-state index in [2.05, 4.69) is 60.7 Å². The Morgan fingerprint density at radius 2 is 1.83 bits per heavy atom. The van der Waals surface area contributed by atoms with Crippen LogP contribution in [0.25, 0.3) is 3.58 Å². The Bertz CT molecular complexity index is 390. The van der Waals surface area contributed by atoms with Crippen molar-refractivity contribution >= 4 is 26.2 Å². The second-order valence-electron chi connectivity index (χ2n) is 4.84. The minimum absolute atomic E-state index is 0.352. The number of aliphatic hydroxyl groups excluding tert-OH is 1. The fourth-order valence-electron chi connectivity index (χ4n) is 1.95. The quantitative estimate of drug-likeness (QED) is 0.554. The Morgan fingerprint density at radius 3 is 2.33 bits per heavy atom. The lowest BCUT2D eigenvalue weighted by molar-refractivity contribution is 0.227. The van der Waals surface area contributed by atoms with Crippen LogP contribution in [0, 0.1) is 6.92 Å². The lowest BCUT2D eigenvalue weighted by atomic mass is 10.00. The SMILES string of the molecule is CCCCC/C(=C(/I)c1ccc(C)cc1)C(C)O. The molecule has 0 fully saturated rings. The minimum Gasteiger partial charge on any atom is -0.389 e. The number of hydrogen-bond donors (Lipinski definition) is 1. The average Bonchev–Trinajstić information content (AvgIpc) is 2.34. The first-order chi connectivity index (χ1) is 8.56. The summed E-state index contributed by atoms with van der Waals surface area (Å²) in [6.45, 7) is 6.17. The number of hydrogen-bond acceptors (Lipinski definition) is 1. The van der Waals surface area contributed by atoms with Gasteiger partial charge in [0.05, 0.1) is 6.10 Å². The van der Waals surface area contributed by atoms with Crippen molar-refractivity contribution in [3.8, 4) is 0 Å². The maximum atomic E-state index is 9.94. The number of aliphatic hydroxyl groups is 1. The number of unbranched alkanes of at least 4 members (excludes halogenated alkanes) is 2. The molecule has 0 heterocycles. The summed E-state index contributed by atoms with van der Waals surface area (Å²) in [6, 6.07) is 8.53. The lowest BCUT2D eigenvalue weighted by Crippen LogP contribution is -2.06. The zero-order valence-electron chi connectivity index (χ0n) is 11.5. The topological polar surface area (TPSA) is 20.2 Å². The molecule has 1 atom stereocenters. The summed E-state index contributed by atoms with van der Waals surface area (Å²) in [5.41, 5.74) is 3.66. The van der Waals surface area contributed by atoms with Gasteiger partial charge in [0.25, 0.3) is 0 Å². The van der Waals surface area contributed by atoms with E-state index in [9.17, 15) is 5.11 Å². The highest BCUT2D eigenvalue weighted by molar-refractivity contribution is 14.1. The van der Waals surface area contributed by atoms with Gasteiger partial charge >= 0.3 is 0 Å². The van der Waals surface area contributed by atoms with Crippen molar-refractivity contribution < 1.29 is 5.11 Å². The second-order valence-corrected chi connectivity index (χ2v) is 5.92. The highest BCUT2D eigenvalue weighted by atomic mass is 127. The van der Waals surface area contributed by atoms with Gasteiger partial charge in [0.2, 0.25) is 0 Å². The first-order valence-electron chi connectivity index (χ1n) is 6.70. The molecule has 100 valence electrons. The van der Waals surface area contributed by atoms with Gasteiger partial charge in [0.15, 0.2) is 0 Å². The third kappa shape index (κ3) is 4.73. The summed E-state index contributed by atoms with van der Waals surface area (Å²) in [5.74, 6) is 0. The Balaban J connectivity index is 2.92. The molecule has 0 aromatic heterocycles. The third-order valence-corrected chi connectivity index (χ3v) is 4.46.